The Morgan fingerprint density at radius 2 is 1.53 bits per heavy atom. The molecule has 0 aromatic heterocycles. The van der Waals surface area contributed by atoms with Crippen LogP contribution in [0.2, 0.25) is 0 Å². The molecule has 0 aliphatic carbocycles. The highest BCUT2D eigenvalue weighted by atomic mass is 32.2. The van der Waals surface area contributed by atoms with Crippen molar-refractivity contribution in [3.05, 3.63) is 96.1 Å². The predicted octanol–water partition coefficient (Wildman–Crippen LogP) is 5.91. The van der Waals surface area contributed by atoms with Crippen LogP contribution in [0, 0.1) is 0 Å². The summed E-state index contributed by atoms with van der Waals surface area (Å²) in [5.41, 5.74) is 3.40. The molecule has 0 bridgehead atoms. The van der Waals surface area contributed by atoms with Gasteiger partial charge in [-0.05, 0) is 62.1 Å². The summed E-state index contributed by atoms with van der Waals surface area (Å²) in [5.74, 6) is 0.905. The smallest absolute Gasteiger partial charge is 0.256 e. The molecule has 3 rings (SSSR count). The first-order valence-corrected chi connectivity index (χ1v) is 11.1. The number of thioether (sulfide) groups is 1. The van der Waals surface area contributed by atoms with Gasteiger partial charge in [-0.3, -0.25) is 4.79 Å². The molecular weight excluding hydrogens is 388 g/mol. The van der Waals surface area contributed by atoms with Crippen molar-refractivity contribution in [2.24, 2.45) is 0 Å². The average Bonchev–Trinajstić information content (AvgIpc) is 2.77. The monoisotopic (exact) mass is 416 g/mol. The third kappa shape index (κ3) is 6.61. The Morgan fingerprint density at radius 3 is 2.23 bits per heavy atom. The summed E-state index contributed by atoms with van der Waals surface area (Å²) in [7, 11) is 4.17. The van der Waals surface area contributed by atoms with E-state index in [0.717, 1.165) is 40.4 Å². The van der Waals surface area contributed by atoms with Crippen LogP contribution in [0.3, 0.4) is 0 Å². The van der Waals surface area contributed by atoms with Gasteiger partial charge in [-0.2, -0.15) is 0 Å². The molecule has 0 saturated heterocycles. The third-order valence-corrected chi connectivity index (χ3v) is 5.74. The number of hydrogen-bond donors (Lipinski definition) is 1. The van der Waals surface area contributed by atoms with E-state index in [4.69, 9.17) is 0 Å². The molecule has 0 radical (unpaired) electrons. The standard InChI is InChI=1S/C26H28N2OS/c1-28(2)18-11-19-30-25-17-10-9-16-24(25)27-26(29)23(22-14-7-4-8-15-22)20-21-12-5-3-6-13-21/h3-10,12-17,20H,11,18-19H2,1-2H3,(H,27,29)/b23-20+. The maximum absolute atomic E-state index is 13.3. The van der Waals surface area contributed by atoms with Crippen LogP contribution in [-0.2, 0) is 4.79 Å². The summed E-state index contributed by atoms with van der Waals surface area (Å²) in [6.45, 7) is 1.06. The van der Waals surface area contributed by atoms with E-state index in [2.05, 4.69) is 30.4 Å². The molecule has 3 aromatic rings. The molecule has 4 heteroatoms. The van der Waals surface area contributed by atoms with Gasteiger partial charge in [0.1, 0.15) is 0 Å². The largest absolute Gasteiger partial charge is 0.321 e. The van der Waals surface area contributed by atoms with Crippen molar-refractivity contribution < 1.29 is 4.79 Å². The Kier molecular flexibility index (Phi) is 8.30. The number of carbonyl (C=O) groups excluding carboxylic acids is 1. The fourth-order valence-electron chi connectivity index (χ4n) is 3.06. The second-order valence-corrected chi connectivity index (χ2v) is 8.43. The maximum atomic E-state index is 13.3. The van der Waals surface area contributed by atoms with Crippen LogP contribution in [0.1, 0.15) is 17.5 Å². The van der Waals surface area contributed by atoms with Gasteiger partial charge in [0.05, 0.1) is 5.69 Å². The minimum Gasteiger partial charge on any atom is -0.321 e. The number of para-hydroxylation sites is 1. The third-order valence-electron chi connectivity index (χ3n) is 4.58. The molecule has 3 aromatic carbocycles. The van der Waals surface area contributed by atoms with Crippen LogP contribution in [0.4, 0.5) is 5.69 Å². The number of benzene rings is 3. The van der Waals surface area contributed by atoms with Gasteiger partial charge in [-0.25, -0.2) is 0 Å². The molecule has 154 valence electrons. The first-order valence-electron chi connectivity index (χ1n) is 10.1. The summed E-state index contributed by atoms with van der Waals surface area (Å²) < 4.78 is 0. The Balaban J connectivity index is 1.81. The molecule has 0 spiro atoms. The number of hydrogen-bond acceptors (Lipinski definition) is 3. The van der Waals surface area contributed by atoms with Gasteiger partial charge in [0.2, 0.25) is 0 Å². The Labute approximate surface area is 183 Å². The fourth-order valence-corrected chi connectivity index (χ4v) is 4.00. The summed E-state index contributed by atoms with van der Waals surface area (Å²) >= 11 is 1.78. The number of amides is 1. The lowest BCUT2D eigenvalue weighted by Crippen LogP contribution is -2.15. The van der Waals surface area contributed by atoms with E-state index in [0.29, 0.717) is 5.57 Å². The first kappa shape index (κ1) is 21.9. The molecule has 0 saturated carbocycles. The van der Waals surface area contributed by atoms with Crippen LogP contribution in [0.15, 0.2) is 89.8 Å². The second kappa shape index (κ2) is 11.4. The van der Waals surface area contributed by atoms with Gasteiger partial charge < -0.3 is 10.2 Å². The van der Waals surface area contributed by atoms with E-state index < -0.39 is 0 Å². The summed E-state index contributed by atoms with van der Waals surface area (Å²) in [6, 6.07) is 27.8. The summed E-state index contributed by atoms with van der Waals surface area (Å²) in [4.78, 5) is 16.6. The molecule has 0 unspecified atom stereocenters. The van der Waals surface area contributed by atoms with E-state index in [1.54, 1.807) is 11.8 Å². The SMILES string of the molecule is CN(C)CCCSc1ccccc1NC(=O)/C(=C/c1ccccc1)c1ccccc1. The molecule has 0 aliphatic rings. The first-order chi connectivity index (χ1) is 14.6. The van der Waals surface area contributed by atoms with Crippen LogP contribution in [0.5, 0.6) is 0 Å². The topological polar surface area (TPSA) is 32.3 Å². The lowest BCUT2D eigenvalue weighted by Gasteiger charge is -2.14. The van der Waals surface area contributed by atoms with E-state index >= 15 is 0 Å². The zero-order valence-electron chi connectivity index (χ0n) is 17.5. The molecule has 0 aliphatic heterocycles. The fraction of sp³-hybridized carbons (Fsp3) is 0.192. The van der Waals surface area contributed by atoms with Crippen molar-refractivity contribution >= 4 is 35.0 Å². The van der Waals surface area contributed by atoms with E-state index in [1.807, 2.05) is 84.9 Å². The molecule has 1 N–H and O–H groups in total. The van der Waals surface area contributed by atoms with Crippen LogP contribution in [-0.4, -0.2) is 37.2 Å². The molecule has 1 amide bonds. The van der Waals surface area contributed by atoms with Crippen molar-refractivity contribution in [2.45, 2.75) is 11.3 Å². The molecule has 30 heavy (non-hydrogen) atoms. The quantitative estimate of drug-likeness (QED) is 0.204. The van der Waals surface area contributed by atoms with Crippen LogP contribution >= 0.6 is 11.8 Å². The van der Waals surface area contributed by atoms with E-state index in [1.165, 1.54) is 0 Å². The minimum absolute atomic E-state index is 0.105. The van der Waals surface area contributed by atoms with E-state index in [-0.39, 0.29) is 5.91 Å². The number of carbonyl (C=O) groups is 1. The Bertz CT molecular complexity index is 969. The predicted molar refractivity (Wildman–Crippen MR) is 130 cm³/mol. The average molecular weight is 417 g/mol. The highest BCUT2D eigenvalue weighted by Gasteiger charge is 2.14. The molecule has 0 fully saturated rings. The van der Waals surface area contributed by atoms with Crippen molar-refractivity contribution in [3.8, 4) is 0 Å². The Hall–Kier alpha value is -2.82. The lowest BCUT2D eigenvalue weighted by atomic mass is 10.0. The summed E-state index contributed by atoms with van der Waals surface area (Å²) in [5, 5.41) is 3.14. The number of rotatable bonds is 9. The van der Waals surface area contributed by atoms with Gasteiger partial charge in [0, 0.05) is 10.5 Å². The van der Waals surface area contributed by atoms with Gasteiger partial charge in [-0.1, -0.05) is 72.8 Å². The zero-order valence-corrected chi connectivity index (χ0v) is 18.4. The number of anilines is 1. The minimum atomic E-state index is -0.105. The highest BCUT2D eigenvalue weighted by molar-refractivity contribution is 7.99. The molecule has 3 nitrogen and oxygen atoms in total. The van der Waals surface area contributed by atoms with Gasteiger partial charge in [0.25, 0.3) is 5.91 Å². The van der Waals surface area contributed by atoms with Crippen molar-refractivity contribution in [2.75, 3.05) is 31.7 Å². The van der Waals surface area contributed by atoms with Crippen molar-refractivity contribution in [1.82, 2.24) is 4.90 Å². The number of nitrogens with zero attached hydrogens (tertiary/aromatic N) is 1. The second-order valence-electron chi connectivity index (χ2n) is 7.29. The van der Waals surface area contributed by atoms with Crippen LogP contribution < -0.4 is 5.32 Å². The van der Waals surface area contributed by atoms with Gasteiger partial charge in [-0.15, -0.1) is 11.8 Å². The molecule has 0 atom stereocenters. The van der Waals surface area contributed by atoms with E-state index in [9.17, 15) is 4.79 Å². The normalized spacial score (nSPS) is 11.5. The van der Waals surface area contributed by atoms with Gasteiger partial charge >= 0.3 is 0 Å². The molecular formula is C26H28N2OS. The number of nitrogens with one attached hydrogen (secondary N) is 1. The zero-order chi connectivity index (χ0) is 21.2. The lowest BCUT2D eigenvalue weighted by molar-refractivity contribution is -0.111. The Morgan fingerprint density at radius 1 is 0.900 bits per heavy atom. The maximum Gasteiger partial charge on any atom is 0.256 e. The van der Waals surface area contributed by atoms with Crippen LogP contribution in [0.25, 0.3) is 11.6 Å². The van der Waals surface area contributed by atoms with Gasteiger partial charge in [0.15, 0.2) is 0 Å². The van der Waals surface area contributed by atoms with Crippen molar-refractivity contribution in [3.63, 3.8) is 0 Å². The van der Waals surface area contributed by atoms with Crippen molar-refractivity contribution in [1.29, 1.82) is 0 Å². The summed E-state index contributed by atoms with van der Waals surface area (Å²) in [6.07, 6.45) is 3.04. The molecule has 0 heterocycles. The highest BCUT2D eigenvalue weighted by Crippen LogP contribution is 2.29.